The maximum atomic E-state index is 13.2. The lowest BCUT2D eigenvalue weighted by Crippen LogP contribution is -2.49. The summed E-state index contributed by atoms with van der Waals surface area (Å²) in [6.45, 7) is 9.48. The number of benzene rings is 1. The summed E-state index contributed by atoms with van der Waals surface area (Å²) >= 11 is 3.44. The molecule has 0 heterocycles. The summed E-state index contributed by atoms with van der Waals surface area (Å²) in [7, 11) is 1.75. The molecular weight excluding hydrogens is 321 g/mol. The number of hydrogen-bond donors (Lipinski definition) is 1. The van der Waals surface area contributed by atoms with Crippen LogP contribution in [0.3, 0.4) is 0 Å². The van der Waals surface area contributed by atoms with Crippen molar-refractivity contribution in [3.63, 3.8) is 0 Å². The highest BCUT2D eigenvalue weighted by molar-refractivity contribution is 9.10. The van der Waals surface area contributed by atoms with Crippen molar-refractivity contribution in [2.24, 2.45) is 5.41 Å². The molecule has 2 nitrogen and oxygen atoms in total. The van der Waals surface area contributed by atoms with Crippen LogP contribution < -0.4 is 5.32 Å². The molecule has 0 aliphatic carbocycles. The van der Waals surface area contributed by atoms with Crippen molar-refractivity contribution in [3.8, 4) is 0 Å². The number of nitrogens with one attached hydrogen (secondary N) is 1. The van der Waals surface area contributed by atoms with Crippen LogP contribution in [0.5, 0.6) is 0 Å². The van der Waals surface area contributed by atoms with E-state index in [1.807, 2.05) is 6.07 Å². The van der Waals surface area contributed by atoms with Crippen LogP contribution in [-0.4, -0.2) is 25.8 Å². The van der Waals surface area contributed by atoms with Gasteiger partial charge < -0.3 is 10.1 Å². The minimum atomic E-state index is -0.222. The van der Waals surface area contributed by atoms with E-state index in [1.165, 1.54) is 12.1 Å². The molecule has 1 aromatic carbocycles. The highest BCUT2D eigenvalue weighted by Crippen LogP contribution is 2.28. The third kappa shape index (κ3) is 4.83. The summed E-state index contributed by atoms with van der Waals surface area (Å²) in [6, 6.07) is 5.03. The Bertz CT molecular complexity index is 431. The number of hydrogen-bond acceptors (Lipinski definition) is 2. The summed E-state index contributed by atoms with van der Waals surface area (Å²) in [4.78, 5) is 0. The minimum Gasteiger partial charge on any atom is -0.379 e. The fourth-order valence-electron chi connectivity index (χ4n) is 2.59. The van der Waals surface area contributed by atoms with Crippen molar-refractivity contribution in [2.45, 2.75) is 46.3 Å². The van der Waals surface area contributed by atoms with E-state index in [-0.39, 0.29) is 23.4 Å². The van der Waals surface area contributed by atoms with E-state index in [9.17, 15) is 4.39 Å². The predicted molar refractivity (Wildman–Crippen MR) is 85.5 cm³/mol. The van der Waals surface area contributed by atoms with E-state index in [2.05, 4.69) is 48.9 Å². The zero-order valence-corrected chi connectivity index (χ0v) is 14.6. The molecule has 0 aliphatic rings. The normalized spacial score (nSPS) is 15.2. The molecule has 1 aromatic rings. The SMILES string of the molecule is CCNC(Cc1ccc(F)cc1Br)C(OC)C(C)(C)C. The van der Waals surface area contributed by atoms with E-state index >= 15 is 0 Å². The third-order valence-electron chi connectivity index (χ3n) is 3.39. The second-order valence-electron chi connectivity index (χ2n) is 6.13. The fourth-order valence-corrected chi connectivity index (χ4v) is 3.11. The van der Waals surface area contributed by atoms with E-state index in [4.69, 9.17) is 4.74 Å². The zero-order valence-electron chi connectivity index (χ0n) is 13.0. The Balaban J connectivity index is 2.96. The van der Waals surface area contributed by atoms with Gasteiger partial charge in [-0.15, -0.1) is 0 Å². The van der Waals surface area contributed by atoms with Crippen LogP contribution in [0.15, 0.2) is 22.7 Å². The van der Waals surface area contributed by atoms with Gasteiger partial charge in [-0.3, -0.25) is 0 Å². The molecule has 2 unspecified atom stereocenters. The molecule has 0 aromatic heterocycles. The van der Waals surface area contributed by atoms with Crippen LogP contribution in [0.25, 0.3) is 0 Å². The average molecular weight is 346 g/mol. The van der Waals surface area contributed by atoms with Gasteiger partial charge in [0.15, 0.2) is 0 Å². The molecule has 0 fully saturated rings. The van der Waals surface area contributed by atoms with Gasteiger partial charge in [-0.1, -0.05) is 49.7 Å². The lowest BCUT2D eigenvalue weighted by atomic mass is 9.82. The molecule has 114 valence electrons. The lowest BCUT2D eigenvalue weighted by molar-refractivity contribution is -0.0106. The van der Waals surface area contributed by atoms with Crippen molar-refractivity contribution in [1.29, 1.82) is 0 Å². The van der Waals surface area contributed by atoms with Gasteiger partial charge in [0, 0.05) is 17.6 Å². The Labute approximate surface area is 130 Å². The monoisotopic (exact) mass is 345 g/mol. The number of halogens is 2. The van der Waals surface area contributed by atoms with Gasteiger partial charge in [0.05, 0.1) is 6.10 Å². The van der Waals surface area contributed by atoms with Crippen LogP contribution >= 0.6 is 15.9 Å². The second kappa shape index (κ2) is 7.53. The molecule has 1 N–H and O–H groups in total. The highest BCUT2D eigenvalue weighted by Gasteiger charge is 2.32. The third-order valence-corrected chi connectivity index (χ3v) is 4.13. The van der Waals surface area contributed by atoms with E-state index < -0.39 is 0 Å². The smallest absolute Gasteiger partial charge is 0.124 e. The van der Waals surface area contributed by atoms with Crippen molar-refractivity contribution in [2.75, 3.05) is 13.7 Å². The molecule has 20 heavy (non-hydrogen) atoms. The summed E-state index contributed by atoms with van der Waals surface area (Å²) in [5, 5.41) is 3.49. The Morgan fingerprint density at radius 1 is 1.35 bits per heavy atom. The van der Waals surface area contributed by atoms with E-state index in [1.54, 1.807) is 7.11 Å². The van der Waals surface area contributed by atoms with Crippen molar-refractivity contribution in [1.82, 2.24) is 5.32 Å². The number of ether oxygens (including phenoxy) is 1. The van der Waals surface area contributed by atoms with E-state index in [0.29, 0.717) is 0 Å². The summed E-state index contributed by atoms with van der Waals surface area (Å²) in [5.74, 6) is -0.222. The maximum Gasteiger partial charge on any atom is 0.124 e. The largest absolute Gasteiger partial charge is 0.379 e. The minimum absolute atomic E-state index is 0.0358. The lowest BCUT2D eigenvalue weighted by Gasteiger charge is -2.36. The Morgan fingerprint density at radius 2 is 2.00 bits per heavy atom. The van der Waals surface area contributed by atoms with Gasteiger partial charge in [-0.25, -0.2) is 4.39 Å². The maximum absolute atomic E-state index is 13.2. The predicted octanol–water partition coefficient (Wildman–Crippen LogP) is 4.17. The van der Waals surface area contributed by atoms with Gasteiger partial charge >= 0.3 is 0 Å². The first-order chi connectivity index (χ1) is 9.29. The van der Waals surface area contributed by atoms with Gasteiger partial charge in [-0.2, -0.15) is 0 Å². The van der Waals surface area contributed by atoms with Gasteiger partial charge in [0.25, 0.3) is 0 Å². The molecule has 0 saturated heterocycles. The Morgan fingerprint density at radius 3 is 2.45 bits per heavy atom. The molecule has 0 amide bonds. The number of rotatable bonds is 6. The van der Waals surface area contributed by atoms with Crippen LogP contribution in [0.4, 0.5) is 4.39 Å². The first kappa shape index (κ1) is 17.6. The summed E-state index contributed by atoms with van der Waals surface area (Å²) < 4.78 is 19.7. The van der Waals surface area contributed by atoms with Crippen LogP contribution in [0, 0.1) is 11.2 Å². The molecule has 0 radical (unpaired) electrons. The van der Waals surface area contributed by atoms with Crippen molar-refractivity contribution in [3.05, 3.63) is 34.1 Å². The standard InChI is InChI=1S/C16H25BrFNO/c1-6-19-14(15(20-5)16(2,3)4)9-11-7-8-12(18)10-13(11)17/h7-8,10,14-15,19H,6,9H2,1-5H3. The highest BCUT2D eigenvalue weighted by atomic mass is 79.9. The Hall–Kier alpha value is -0.450. The van der Waals surface area contributed by atoms with Gasteiger partial charge in [0.1, 0.15) is 5.82 Å². The first-order valence-electron chi connectivity index (χ1n) is 6.99. The van der Waals surface area contributed by atoms with Gasteiger partial charge in [-0.05, 0) is 36.1 Å². The van der Waals surface area contributed by atoms with Crippen LogP contribution in [0.2, 0.25) is 0 Å². The van der Waals surface area contributed by atoms with E-state index in [0.717, 1.165) is 23.0 Å². The van der Waals surface area contributed by atoms with Crippen LogP contribution in [-0.2, 0) is 11.2 Å². The second-order valence-corrected chi connectivity index (χ2v) is 6.98. The fraction of sp³-hybridized carbons (Fsp3) is 0.625. The van der Waals surface area contributed by atoms with Crippen LogP contribution in [0.1, 0.15) is 33.3 Å². The Kier molecular flexibility index (Phi) is 6.62. The number of likely N-dealkylation sites (N-methyl/N-ethyl adjacent to an activating group) is 1. The molecule has 4 heteroatoms. The molecule has 0 bridgehead atoms. The summed E-state index contributed by atoms with van der Waals surface area (Å²) in [6.07, 6.45) is 0.879. The zero-order chi connectivity index (χ0) is 15.3. The van der Waals surface area contributed by atoms with Gasteiger partial charge in [0.2, 0.25) is 0 Å². The molecule has 0 aliphatic heterocycles. The number of methoxy groups -OCH3 is 1. The van der Waals surface area contributed by atoms with Crippen molar-refractivity contribution < 1.29 is 9.13 Å². The molecule has 0 spiro atoms. The molecule has 2 atom stereocenters. The summed E-state index contributed by atoms with van der Waals surface area (Å²) in [5.41, 5.74) is 1.12. The molecule has 0 saturated carbocycles. The first-order valence-corrected chi connectivity index (χ1v) is 7.79. The molecular formula is C16H25BrFNO. The van der Waals surface area contributed by atoms with Crippen molar-refractivity contribution >= 4 is 15.9 Å². The quantitative estimate of drug-likeness (QED) is 0.835. The molecule has 1 rings (SSSR count). The average Bonchev–Trinajstić information content (AvgIpc) is 2.32. The topological polar surface area (TPSA) is 21.3 Å².